The maximum Gasteiger partial charge on any atom is 0.157 e. The quantitative estimate of drug-likeness (QED) is 0.380. The van der Waals surface area contributed by atoms with Gasteiger partial charge >= 0.3 is 0 Å². The Morgan fingerprint density at radius 2 is 1.76 bits per heavy atom. The lowest BCUT2D eigenvalue weighted by Gasteiger charge is -2.22. The molecule has 0 spiro atoms. The number of thioether (sulfide) groups is 5. The molecule has 1 aromatic rings. The van der Waals surface area contributed by atoms with Crippen LogP contribution in [0, 0.1) is 0 Å². The topological polar surface area (TPSA) is 52.7 Å². The van der Waals surface area contributed by atoms with Crippen molar-refractivity contribution in [1.82, 2.24) is 4.98 Å². The van der Waals surface area contributed by atoms with Crippen molar-refractivity contribution in [3.8, 4) is 0 Å². The van der Waals surface area contributed by atoms with Crippen molar-refractivity contribution >= 4 is 58.8 Å². The number of ether oxygens (including phenoxy) is 4. The highest BCUT2D eigenvalue weighted by molar-refractivity contribution is 8.37. The normalized spacial score (nSPS) is 21.7. The van der Waals surface area contributed by atoms with Gasteiger partial charge in [-0.2, -0.15) is 0 Å². The Hall–Kier alpha value is 0.350. The molecule has 0 radical (unpaired) electrons. The second-order valence-electron chi connectivity index (χ2n) is 6.36. The van der Waals surface area contributed by atoms with Crippen molar-refractivity contribution in [3.05, 3.63) is 30.5 Å². The number of H-pyrrole nitrogens is 1. The third-order valence-corrected chi connectivity index (χ3v) is 10.9. The zero-order valence-corrected chi connectivity index (χ0v) is 20.1. The second kappa shape index (κ2) is 12.4. The first-order valence-corrected chi connectivity index (χ1v) is 14.0. The van der Waals surface area contributed by atoms with Gasteiger partial charge in [-0.15, -0.1) is 11.8 Å². The third-order valence-electron chi connectivity index (χ3n) is 4.21. The predicted octanol–water partition coefficient (Wildman–Crippen LogP) is 5.93. The van der Waals surface area contributed by atoms with Gasteiger partial charge in [-0.25, -0.2) is 0 Å². The maximum atomic E-state index is 5.67. The molecule has 0 amide bonds. The molecule has 1 aromatic heterocycles. The van der Waals surface area contributed by atoms with Gasteiger partial charge in [-0.3, -0.25) is 0 Å². The van der Waals surface area contributed by atoms with Gasteiger partial charge in [0, 0.05) is 34.5 Å². The first-order valence-electron chi connectivity index (χ1n) is 9.71. The van der Waals surface area contributed by atoms with E-state index >= 15 is 0 Å². The fourth-order valence-corrected chi connectivity index (χ4v) is 9.15. The van der Waals surface area contributed by atoms with Gasteiger partial charge in [-0.1, -0.05) is 47.0 Å². The molecule has 0 aliphatic carbocycles. The summed E-state index contributed by atoms with van der Waals surface area (Å²) in [5.41, 5.74) is 0. The van der Waals surface area contributed by atoms with E-state index in [1.54, 1.807) is 0 Å². The van der Waals surface area contributed by atoms with Crippen LogP contribution < -0.4 is 0 Å². The van der Waals surface area contributed by atoms with E-state index < -0.39 is 0 Å². The van der Waals surface area contributed by atoms with E-state index in [-0.39, 0.29) is 6.29 Å². The second-order valence-corrected chi connectivity index (χ2v) is 12.3. The van der Waals surface area contributed by atoms with Gasteiger partial charge in [0.1, 0.15) is 0 Å². The smallest absolute Gasteiger partial charge is 0.157 e. The molecule has 10 heteroatoms. The Bertz CT molecular complexity index is 695. The predicted molar refractivity (Wildman–Crippen MR) is 126 cm³/mol. The van der Waals surface area contributed by atoms with Gasteiger partial charge in [0.05, 0.1) is 45.7 Å². The van der Waals surface area contributed by atoms with Crippen LogP contribution in [-0.4, -0.2) is 56.7 Å². The average Bonchev–Trinajstić information content (AvgIpc) is 3.46. The summed E-state index contributed by atoms with van der Waals surface area (Å²) in [6.45, 7) is 3.97. The van der Waals surface area contributed by atoms with Crippen LogP contribution in [0.4, 0.5) is 0 Å². The molecule has 3 aliphatic heterocycles. The summed E-state index contributed by atoms with van der Waals surface area (Å²) in [7, 11) is 0. The Labute approximate surface area is 193 Å². The van der Waals surface area contributed by atoms with E-state index in [1.165, 1.54) is 28.9 Å². The minimum atomic E-state index is -0.0330. The first-order chi connectivity index (χ1) is 14.4. The van der Waals surface area contributed by atoms with Crippen LogP contribution in [0.25, 0.3) is 0 Å². The Morgan fingerprint density at radius 3 is 2.55 bits per heavy atom. The molecular formula is C19H25NO4S5. The highest BCUT2D eigenvalue weighted by atomic mass is 32.2. The van der Waals surface area contributed by atoms with Crippen molar-refractivity contribution in [2.75, 3.05) is 45.4 Å². The Kier molecular flexibility index (Phi) is 9.64. The molecule has 160 valence electrons. The number of fused-ring (bicyclic) bond motifs is 1. The molecule has 1 atom stereocenters. The van der Waals surface area contributed by atoms with Crippen molar-refractivity contribution in [2.24, 2.45) is 0 Å². The zero-order chi connectivity index (χ0) is 19.7. The monoisotopic (exact) mass is 491 g/mol. The molecule has 1 saturated heterocycles. The number of aromatic amines is 1. The molecule has 0 aromatic carbocycles. The third kappa shape index (κ3) is 7.18. The van der Waals surface area contributed by atoms with Gasteiger partial charge < -0.3 is 23.9 Å². The Balaban J connectivity index is 0.983. The molecule has 1 fully saturated rings. The molecule has 3 aliphatic rings. The molecule has 4 rings (SSSR count). The molecule has 4 heterocycles. The van der Waals surface area contributed by atoms with Gasteiger partial charge in [0.15, 0.2) is 6.29 Å². The lowest BCUT2D eigenvalue weighted by atomic mass is 10.2. The summed E-state index contributed by atoms with van der Waals surface area (Å²) in [4.78, 5) is 5.84. The number of hydrogen-bond acceptors (Lipinski definition) is 9. The lowest BCUT2D eigenvalue weighted by molar-refractivity contribution is -0.169. The van der Waals surface area contributed by atoms with Crippen LogP contribution >= 0.6 is 58.8 Å². The van der Waals surface area contributed by atoms with Crippen LogP contribution in [-0.2, 0) is 18.9 Å². The summed E-state index contributed by atoms with van der Waals surface area (Å²) >= 11 is 9.32. The van der Waals surface area contributed by atoms with Crippen LogP contribution in [0.15, 0.2) is 40.3 Å². The van der Waals surface area contributed by atoms with Crippen molar-refractivity contribution < 1.29 is 18.9 Å². The fraction of sp³-hybridized carbons (Fsp3) is 0.579. The molecular weight excluding hydrogens is 467 g/mol. The summed E-state index contributed by atoms with van der Waals surface area (Å²) in [6, 6.07) is 0. The minimum Gasteiger partial charge on any atom is -0.378 e. The number of rotatable bonds is 11. The van der Waals surface area contributed by atoms with E-state index in [2.05, 4.69) is 22.8 Å². The van der Waals surface area contributed by atoms with Crippen molar-refractivity contribution in [2.45, 2.75) is 35.3 Å². The standard InChI is InChI=1S/C19H25NO4S5/c1-2-4-23-16(3-1)24-8-7-21-5-6-22-9-10-25-17-13-26-18(29-17)19-27-14-11-20-12-15(14)28-19/h11-13,16,20H,1-10H2. The zero-order valence-electron chi connectivity index (χ0n) is 16.1. The highest BCUT2D eigenvalue weighted by Crippen LogP contribution is 2.60. The fourth-order valence-electron chi connectivity index (χ4n) is 2.80. The number of hydrogen-bond donors (Lipinski definition) is 1. The van der Waals surface area contributed by atoms with Gasteiger partial charge in [0.25, 0.3) is 0 Å². The van der Waals surface area contributed by atoms with Crippen LogP contribution in [0.3, 0.4) is 0 Å². The average molecular weight is 492 g/mol. The van der Waals surface area contributed by atoms with E-state index in [9.17, 15) is 0 Å². The molecule has 5 nitrogen and oxygen atoms in total. The van der Waals surface area contributed by atoms with E-state index in [1.807, 2.05) is 58.8 Å². The van der Waals surface area contributed by atoms with Gasteiger partial charge in [-0.05, 0) is 24.7 Å². The van der Waals surface area contributed by atoms with E-state index in [0.29, 0.717) is 26.4 Å². The minimum absolute atomic E-state index is 0.0330. The number of nitrogens with one attached hydrogen (secondary N) is 1. The largest absolute Gasteiger partial charge is 0.378 e. The molecule has 0 saturated carbocycles. The molecule has 1 unspecified atom stereocenters. The summed E-state index contributed by atoms with van der Waals surface area (Å²) in [6.07, 6.45) is 7.45. The van der Waals surface area contributed by atoms with Crippen LogP contribution in [0.2, 0.25) is 0 Å². The molecule has 0 bridgehead atoms. The first kappa shape index (κ1) is 22.5. The summed E-state index contributed by atoms with van der Waals surface area (Å²) in [5.74, 6) is 0.963. The SMILES string of the molecule is C1=C(SCCOCCOCCOC2CCCCO2)SC(=C2Sc3c[nH]cc3S2)S1. The van der Waals surface area contributed by atoms with E-state index in [4.69, 9.17) is 18.9 Å². The summed E-state index contributed by atoms with van der Waals surface area (Å²) < 4.78 is 26.5. The molecule has 1 N–H and O–H groups in total. The van der Waals surface area contributed by atoms with Crippen LogP contribution in [0.1, 0.15) is 19.3 Å². The van der Waals surface area contributed by atoms with E-state index in [0.717, 1.165) is 31.8 Å². The maximum absolute atomic E-state index is 5.67. The van der Waals surface area contributed by atoms with Gasteiger partial charge in [0.2, 0.25) is 0 Å². The molecule has 29 heavy (non-hydrogen) atoms. The van der Waals surface area contributed by atoms with Crippen LogP contribution in [0.5, 0.6) is 0 Å². The van der Waals surface area contributed by atoms with Crippen molar-refractivity contribution in [3.63, 3.8) is 0 Å². The highest BCUT2D eigenvalue weighted by Gasteiger charge is 2.25. The lowest BCUT2D eigenvalue weighted by Crippen LogP contribution is -2.24. The number of aromatic nitrogens is 1. The Morgan fingerprint density at radius 1 is 0.966 bits per heavy atom. The van der Waals surface area contributed by atoms with Crippen molar-refractivity contribution in [1.29, 1.82) is 0 Å². The summed E-state index contributed by atoms with van der Waals surface area (Å²) in [5, 5.41) is 2.26.